The third kappa shape index (κ3) is 11.6. The Labute approximate surface area is 213 Å². The molecule has 0 aromatic rings. The topological polar surface area (TPSA) is 99.1 Å². The largest absolute Gasteiger partial charge is 0.462 e. The molecule has 35 heavy (non-hydrogen) atoms. The SMILES string of the molecule is C=CC(=O)OCC(O)COC(=O)C(C)(C)CC.CCC(C)(C)C(=O)OC(C)(CC)C1CCCCC1. The second kappa shape index (κ2) is 15.3. The van der Waals surface area contributed by atoms with E-state index in [1.54, 1.807) is 13.8 Å². The molecule has 0 amide bonds. The standard InChI is InChI=1S/C16H30O2.C12H20O5/c1-6-15(3,4)14(17)18-16(5,7-2)13-11-9-8-10-12-13;1-5-10(14)16-7-9(13)8-17-11(15)12(3,4)6-2/h13H,6-12H2,1-5H3;5,9,13H,1,6-8H2,2-4H3. The Morgan fingerprint density at radius 1 is 0.857 bits per heavy atom. The molecular formula is C28H50O7. The van der Waals surface area contributed by atoms with E-state index in [2.05, 4.69) is 25.2 Å². The first kappa shape index (κ1) is 33.1. The van der Waals surface area contributed by atoms with Crippen molar-refractivity contribution < 1.29 is 33.7 Å². The van der Waals surface area contributed by atoms with Crippen molar-refractivity contribution in [1.29, 1.82) is 0 Å². The molecule has 7 heteroatoms. The minimum atomic E-state index is -1.02. The van der Waals surface area contributed by atoms with Crippen molar-refractivity contribution in [2.24, 2.45) is 16.7 Å². The zero-order chi connectivity index (χ0) is 27.3. The summed E-state index contributed by atoms with van der Waals surface area (Å²) < 4.78 is 15.5. The molecule has 1 saturated carbocycles. The van der Waals surface area contributed by atoms with Gasteiger partial charge in [0.1, 0.15) is 24.9 Å². The Kier molecular flexibility index (Phi) is 14.4. The highest BCUT2D eigenvalue weighted by molar-refractivity contribution is 5.81. The van der Waals surface area contributed by atoms with Crippen molar-refractivity contribution in [3.05, 3.63) is 12.7 Å². The zero-order valence-corrected chi connectivity index (χ0v) is 23.4. The highest BCUT2D eigenvalue weighted by Crippen LogP contribution is 2.38. The van der Waals surface area contributed by atoms with Gasteiger partial charge in [-0.05, 0) is 72.6 Å². The summed E-state index contributed by atoms with van der Waals surface area (Å²) in [5, 5.41) is 9.39. The molecule has 0 radical (unpaired) electrons. The molecule has 1 aliphatic rings. The minimum absolute atomic E-state index is 0.0278. The van der Waals surface area contributed by atoms with Crippen LogP contribution in [0.1, 0.15) is 107 Å². The zero-order valence-electron chi connectivity index (χ0n) is 23.4. The molecule has 204 valence electrons. The van der Waals surface area contributed by atoms with Gasteiger partial charge in [-0.25, -0.2) is 4.79 Å². The fourth-order valence-corrected chi connectivity index (χ4v) is 3.45. The van der Waals surface area contributed by atoms with Crippen LogP contribution in [0.5, 0.6) is 0 Å². The maximum Gasteiger partial charge on any atom is 0.330 e. The van der Waals surface area contributed by atoms with Crippen molar-refractivity contribution in [2.75, 3.05) is 13.2 Å². The third-order valence-corrected chi connectivity index (χ3v) is 7.36. The summed E-state index contributed by atoms with van der Waals surface area (Å²) in [6.07, 6.45) is 8.71. The molecule has 0 heterocycles. The normalized spacial score (nSPS) is 17.2. The van der Waals surface area contributed by atoms with Crippen LogP contribution in [-0.4, -0.2) is 47.9 Å². The summed E-state index contributed by atoms with van der Waals surface area (Å²) in [5.41, 5.74) is -1.19. The lowest BCUT2D eigenvalue weighted by atomic mass is 9.76. The van der Waals surface area contributed by atoms with E-state index < -0.39 is 17.5 Å². The summed E-state index contributed by atoms with van der Waals surface area (Å²) in [4.78, 5) is 34.5. The highest BCUT2D eigenvalue weighted by Gasteiger charge is 2.40. The minimum Gasteiger partial charge on any atom is -0.462 e. The van der Waals surface area contributed by atoms with Crippen molar-refractivity contribution >= 4 is 17.9 Å². The predicted octanol–water partition coefficient (Wildman–Crippen LogP) is 5.77. The van der Waals surface area contributed by atoms with Crippen LogP contribution >= 0.6 is 0 Å². The number of aliphatic hydroxyl groups is 1. The van der Waals surface area contributed by atoms with E-state index in [-0.39, 0.29) is 36.2 Å². The van der Waals surface area contributed by atoms with Gasteiger partial charge in [0.15, 0.2) is 0 Å². The fourth-order valence-electron chi connectivity index (χ4n) is 3.45. The van der Waals surface area contributed by atoms with Gasteiger partial charge in [0.25, 0.3) is 0 Å². The van der Waals surface area contributed by atoms with E-state index >= 15 is 0 Å². The van der Waals surface area contributed by atoms with Crippen LogP contribution in [-0.2, 0) is 28.6 Å². The molecule has 2 atom stereocenters. The molecule has 1 fully saturated rings. The first-order valence-corrected chi connectivity index (χ1v) is 13.1. The van der Waals surface area contributed by atoms with E-state index in [1.807, 2.05) is 27.7 Å². The number of hydrogen-bond donors (Lipinski definition) is 1. The van der Waals surface area contributed by atoms with Crippen LogP contribution in [0.25, 0.3) is 0 Å². The van der Waals surface area contributed by atoms with E-state index in [0.29, 0.717) is 12.3 Å². The number of carbonyl (C=O) groups excluding carboxylic acids is 3. The Balaban J connectivity index is 0.000000662. The van der Waals surface area contributed by atoms with Crippen LogP contribution in [0.3, 0.4) is 0 Å². The molecule has 0 aliphatic heterocycles. The first-order chi connectivity index (χ1) is 16.2. The number of rotatable bonds is 12. The van der Waals surface area contributed by atoms with Crippen molar-refractivity contribution in [2.45, 2.75) is 118 Å². The summed E-state index contributed by atoms with van der Waals surface area (Å²) in [6.45, 7) is 18.5. The summed E-state index contributed by atoms with van der Waals surface area (Å²) in [5.74, 6) is -0.480. The van der Waals surface area contributed by atoms with Crippen molar-refractivity contribution in [1.82, 2.24) is 0 Å². The Bertz CT molecular complexity index is 677. The van der Waals surface area contributed by atoms with Crippen molar-refractivity contribution in [3.8, 4) is 0 Å². The summed E-state index contributed by atoms with van der Waals surface area (Å²) >= 11 is 0. The molecule has 1 rings (SSSR count). The number of ether oxygens (including phenoxy) is 3. The summed E-state index contributed by atoms with van der Waals surface area (Å²) in [6, 6.07) is 0. The molecule has 2 unspecified atom stereocenters. The lowest BCUT2D eigenvalue weighted by Gasteiger charge is -2.40. The summed E-state index contributed by atoms with van der Waals surface area (Å²) in [7, 11) is 0. The number of hydrogen-bond acceptors (Lipinski definition) is 7. The lowest BCUT2D eigenvalue weighted by molar-refractivity contribution is -0.177. The molecule has 7 nitrogen and oxygen atoms in total. The average molecular weight is 499 g/mol. The van der Waals surface area contributed by atoms with E-state index in [1.165, 1.54) is 32.1 Å². The van der Waals surface area contributed by atoms with Gasteiger partial charge in [0, 0.05) is 6.08 Å². The van der Waals surface area contributed by atoms with E-state index in [4.69, 9.17) is 9.47 Å². The first-order valence-electron chi connectivity index (χ1n) is 13.1. The van der Waals surface area contributed by atoms with Crippen LogP contribution in [0, 0.1) is 16.7 Å². The van der Waals surface area contributed by atoms with Gasteiger partial charge < -0.3 is 19.3 Å². The third-order valence-electron chi connectivity index (χ3n) is 7.36. The monoisotopic (exact) mass is 498 g/mol. The molecule has 0 bridgehead atoms. The second-order valence-corrected chi connectivity index (χ2v) is 11.0. The fraction of sp³-hybridized carbons (Fsp3) is 0.821. The Hall–Kier alpha value is -1.89. The molecule has 1 aliphatic carbocycles. The lowest BCUT2D eigenvalue weighted by Crippen LogP contribution is -2.43. The molecule has 1 N–H and O–H groups in total. The number of aliphatic hydroxyl groups excluding tert-OH is 1. The van der Waals surface area contributed by atoms with E-state index in [9.17, 15) is 19.5 Å². The van der Waals surface area contributed by atoms with Gasteiger partial charge in [0.05, 0.1) is 10.8 Å². The molecular weight excluding hydrogens is 448 g/mol. The maximum atomic E-state index is 12.3. The molecule has 0 aromatic carbocycles. The smallest absolute Gasteiger partial charge is 0.330 e. The van der Waals surface area contributed by atoms with E-state index in [0.717, 1.165) is 18.9 Å². The number of carbonyl (C=O) groups is 3. The number of esters is 3. The maximum absolute atomic E-state index is 12.3. The van der Waals surface area contributed by atoms with Gasteiger partial charge in [-0.15, -0.1) is 0 Å². The predicted molar refractivity (Wildman–Crippen MR) is 138 cm³/mol. The van der Waals surface area contributed by atoms with Crippen molar-refractivity contribution in [3.63, 3.8) is 0 Å². The van der Waals surface area contributed by atoms with Gasteiger partial charge in [-0.3, -0.25) is 9.59 Å². The van der Waals surface area contributed by atoms with Crippen LogP contribution in [0.4, 0.5) is 0 Å². The highest BCUT2D eigenvalue weighted by atomic mass is 16.6. The van der Waals surface area contributed by atoms with Crippen LogP contribution < -0.4 is 0 Å². The Morgan fingerprint density at radius 2 is 1.34 bits per heavy atom. The molecule has 0 spiro atoms. The molecule has 0 aromatic heterocycles. The Morgan fingerprint density at radius 3 is 1.80 bits per heavy atom. The van der Waals surface area contributed by atoms with Gasteiger partial charge in [-0.2, -0.15) is 0 Å². The van der Waals surface area contributed by atoms with Gasteiger partial charge >= 0.3 is 17.9 Å². The average Bonchev–Trinajstić information content (AvgIpc) is 2.86. The van der Waals surface area contributed by atoms with Gasteiger partial charge in [-0.1, -0.05) is 46.6 Å². The molecule has 0 saturated heterocycles. The quantitative estimate of drug-likeness (QED) is 0.207. The second-order valence-electron chi connectivity index (χ2n) is 11.0. The van der Waals surface area contributed by atoms with Gasteiger partial charge in [0.2, 0.25) is 0 Å². The van der Waals surface area contributed by atoms with Crippen LogP contribution in [0.15, 0.2) is 12.7 Å². The van der Waals surface area contributed by atoms with Crippen LogP contribution in [0.2, 0.25) is 0 Å².